The Kier molecular flexibility index (Phi) is 8.65. The molecule has 0 fully saturated rings. The van der Waals surface area contributed by atoms with Crippen LogP contribution in [0.1, 0.15) is 25.8 Å². The van der Waals surface area contributed by atoms with Gasteiger partial charge in [0.25, 0.3) is 0 Å². The van der Waals surface area contributed by atoms with E-state index in [2.05, 4.69) is 10.5 Å². The van der Waals surface area contributed by atoms with E-state index >= 15 is 0 Å². The number of hydrogen-bond donors (Lipinski definition) is 1. The highest BCUT2D eigenvalue weighted by Gasteiger charge is 2.07. The number of methoxy groups -OCH3 is 1. The van der Waals surface area contributed by atoms with Gasteiger partial charge in [0.2, 0.25) is 5.91 Å². The Labute approximate surface area is 165 Å². The smallest absolute Gasteiger partial charge is 0.236 e. The van der Waals surface area contributed by atoms with Crippen LogP contribution in [0.4, 0.5) is 0 Å². The molecule has 2 rings (SSSR count). The predicted octanol–water partition coefficient (Wildman–Crippen LogP) is 3.41. The summed E-state index contributed by atoms with van der Waals surface area (Å²) in [5.74, 6) is 2.47. The van der Waals surface area contributed by atoms with Gasteiger partial charge in [0, 0.05) is 13.3 Å². The van der Waals surface area contributed by atoms with Gasteiger partial charge in [0.15, 0.2) is 23.0 Å². The molecule has 0 atom stereocenters. The van der Waals surface area contributed by atoms with E-state index in [1.807, 2.05) is 49.4 Å². The van der Waals surface area contributed by atoms with Gasteiger partial charge >= 0.3 is 0 Å². The number of carbonyl (C=O) groups is 1. The third-order valence-corrected chi connectivity index (χ3v) is 3.58. The SMILES string of the molecule is CCOc1cc(/C=N\NC(C)=O)ccc1OCCCOc1ccccc1OC. The van der Waals surface area contributed by atoms with Crippen LogP contribution in [0.3, 0.4) is 0 Å². The molecule has 0 spiro atoms. The first kappa shape index (κ1) is 21.1. The Morgan fingerprint density at radius 2 is 1.68 bits per heavy atom. The largest absolute Gasteiger partial charge is 0.493 e. The molecule has 0 aliphatic heterocycles. The van der Waals surface area contributed by atoms with E-state index in [0.29, 0.717) is 49.2 Å². The number of nitrogens with zero attached hydrogens (tertiary/aromatic N) is 1. The lowest BCUT2D eigenvalue weighted by Crippen LogP contribution is -2.12. The summed E-state index contributed by atoms with van der Waals surface area (Å²) >= 11 is 0. The molecule has 7 nitrogen and oxygen atoms in total. The molecule has 0 aromatic heterocycles. The molecule has 0 heterocycles. The first-order valence-corrected chi connectivity index (χ1v) is 9.09. The maximum atomic E-state index is 10.9. The molecule has 0 saturated carbocycles. The van der Waals surface area contributed by atoms with Gasteiger partial charge in [-0.1, -0.05) is 12.1 Å². The number of ether oxygens (including phenoxy) is 4. The number of amides is 1. The highest BCUT2D eigenvalue weighted by molar-refractivity contribution is 5.82. The number of rotatable bonds is 11. The van der Waals surface area contributed by atoms with Crippen LogP contribution in [-0.4, -0.2) is 39.1 Å². The van der Waals surface area contributed by atoms with Gasteiger partial charge in [0.1, 0.15) is 0 Å². The fraction of sp³-hybridized carbons (Fsp3) is 0.333. The Hall–Kier alpha value is -3.22. The van der Waals surface area contributed by atoms with Crippen LogP contribution in [0.5, 0.6) is 23.0 Å². The van der Waals surface area contributed by atoms with E-state index in [1.165, 1.54) is 6.92 Å². The van der Waals surface area contributed by atoms with E-state index in [9.17, 15) is 4.79 Å². The minimum atomic E-state index is -0.225. The van der Waals surface area contributed by atoms with E-state index in [-0.39, 0.29) is 5.91 Å². The lowest BCUT2D eigenvalue weighted by Gasteiger charge is -2.13. The number of benzene rings is 2. The van der Waals surface area contributed by atoms with Gasteiger partial charge in [0.05, 0.1) is 33.1 Å². The van der Waals surface area contributed by atoms with Crippen molar-refractivity contribution in [1.29, 1.82) is 0 Å². The summed E-state index contributed by atoms with van der Waals surface area (Å²) in [7, 11) is 1.62. The van der Waals surface area contributed by atoms with Crippen molar-refractivity contribution in [3.63, 3.8) is 0 Å². The molecule has 1 amide bonds. The molecule has 0 aliphatic rings. The summed E-state index contributed by atoms with van der Waals surface area (Å²) in [5.41, 5.74) is 3.16. The Morgan fingerprint density at radius 1 is 1.00 bits per heavy atom. The third kappa shape index (κ3) is 6.83. The lowest BCUT2D eigenvalue weighted by molar-refractivity contribution is -0.118. The molecule has 0 aliphatic carbocycles. The van der Waals surface area contributed by atoms with Crippen LogP contribution in [-0.2, 0) is 4.79 Å². The predicted molar refractivity (Wildman–Crippen MR) is 108 cm³/mol. The molecule has 7 heteroatoms. The minimum absolute atomic E-state index is 0.225. The number of nitrogens with one attached hydrogen (secondary N) is 1. The maximum absolute atomic E-state index is 10.9. The van der Waals surface area contributed by atoms with Crippen molar-refractivity contribution in [2.24, 2.45) is 5.10 Å². The highest BCUT2D eigenvalue weighted by atomic mass is 16.5. The van der Waals surface area contributed by atoms with Crippen LogP contribution < -0.4 is 24.4 Å². The van der Waals surface area contributed by atoms with Gasteiger partial charge in [-0.15, -0.1) is 0 Å². The Balaban J connectivity index is 1.86. The minimum Gasteiger partial charge on any atom is -0.493 e. The second-order valence-electron chi connectivity index (χ2n) is 5.77. The summed E-state index contributed by atoms with van der Waals surface area (Å²) in [4.78, 5) is 10.9. The molecule has 1 N–H and O–H groups in total. The van der Waals surface area contributed by atoms with Crippen molar-refractivity contribution in [3.05, 3.63) is 48.0 Å². The Bertz CT molecular complexity index is 792. The average molecular weight is 386 g/mol. The topological polar surface area (TPSA) is 78.4 Å². The second-order valence-corrected chi connectivity index (χ2v) is 5.77. The van der Waals surface area contributed by atoms with Gasteiger partial charge in [-0.2, -0.15) is 5.10 Å². The number of hydrogen-bond acceptors (Lipinski definition) is 6. The van der Waals surface area contributed by atoms with Gasteiger partial charge < -0.3 is 18.9 Å². The fourth-order valence-corrected chi connectivity index (χ4v) is 2.35. The quantitative estimate of drug-likeness (QED) is 0.364. The zero-order chi connectivity index (χ0) is 20.2. The standard InChI is InChI=1S/C21H26N2O5/c1-4-26-21-14-17(15-22-23-16(2)24)10-11-20(21)28-13-7-12-27-19-9-6-5-8-18(19)25-3/h5-6,8-11,14-15H,4,7,12-13H2,1-3H3,(H,23,24)/b22-15-. The van der Waals surface area contributed by atoms with Crippen molar-refractivity contribution in [2.75, 3.05) is 26.9 Å². The Morgan fingerprint density at radius 3 is 2.32 bits per heavy atom. The van der Waals surface area contributed by atoms with Gasteiger partial charge in [-0.25, -0.2) is 5.43 Å². The highest BCUT2D eigenvalue weighted by Crippen LogP contribution is 2.28. The molecular formula is C21H26N2O5. The van der Waals surface area contributed by atoms with Crippen LogP contribution in [0, 0.1) is 0 Å². The summed E-state index contributed by atoms with van der Waals surface area (Å²) in [6.07, 6.45) is 2.25. The van der Waals surface area contributed by atoms with Crippen molar-refractivity contribution in [3.8, 4) is 23.0 Å². The van der Waals surface area contributed by atoms with E-state index in [4.69, 9.17) is 18.9 Å². The molecule has 28 heavy (non-hydrogen) atoms. The zero-order valence-corrected chi connectivity index (χ0v) is 16.4. The molecule has 0 bridgehead atoms. The second kappa shape index (κ2) is 11.5. The fourth-order valence-electron chi connectivity index (χ4n) is 2.35. The lowest BCUT2D eigenvalue weighted by atomic mass is 10.2. The molecule has 0 radical (unpaired) electrons. The normalized spacial score (nSPS) is 10.5. The third-order valence-electron chi connectivity index (χ3n) is 3.58. The van der Waals surface area contributed by atoms with Gasteiger partial charge in [-0.3, -0.25) is 4.79 Å². The molecular weight excluding hydrogens is 360 g/mol. The van der Waals surface area contributed by atoms with Crippen LogP contribution in [0.25, 0.3) is 0 Å². The molecule has 150 valence electrons. The van der Waals surface area contributed by atoms with Crippen molar-refractivity contribution >= 4 is 12.1 Å². The average Bonchev–Trinajstić information content (AvgIpc) is 2.69. The molecule has 2 aromatic rings. The van der Waals surface area contributed by atoms with Crippen LogP contribution in [0.15, 0.2) is 47.6 Å². The van der Waals surface area contributed by atoms with Crippen molar-refractivity contribution < 1.29 is 23.7 Å². The number of para-hydroxylation sites is 2. The van der Waals surface area contributed by atoms with Gasteiger partial charge in [-0.05, 0) is 42.8 Å². The summed E-state index contributed by atoms with van der Waals surface area (Å²) in [6, 6.07) is 13.0. The van der Waals surface area contributed by atoms with Crippen LogP contribution in [0.2, 0.25) is 0 Å². The van der Waals surface area contributed by atoms with E-state index in [0.717, 1.165) is 5.56 Å². The zero-order valence-electron chi connectivity index (χ0n) is 16.4. The van der Waals surface area contributed by atoms with E-state index < -0.39 is 0 Å². The monoisotopic (exact) mass is 386 g/mol. The summed E-state index contributed by atoms with van der Waals surface area (Å²) in [5, 5.41) is 3.85. The molecule has 0 saturated heterocycles. The molecule has 0 unspecified atom stereocenters. The van der Waals surface area contributed by atoms with E-state index in [1.54, 1.807) is 13.3 Å². The van der Waals surface area contributed by atoms with Crippen molar-refractivity contribution in [2.45, 2.75) is 20.3 Å². The summed E-state index contributed by atoms with van der Waals surface area (Å²) < 4.78 is 22.5. The number of hydrazone groups is 1. The summed E-state index contributed by atoms with van der Waals surface area (Å²) in [6.45, 7) is 4.81. The molecule has 2 aromatic carbocycles. The van der Waals surface area contributed by atoms with Crippen LogP contribution >= 0.6 is 0 Å². The number of carbonyl (C=O) groups excluding carboxylic acids is 1. The first-order chi connectivity index (χ1) is 13.6. The maximum Gasteiger partial charge on any atom is 0.236 e. The van der Waals surface area contributed by atoms with Crippen molar-refractivity contribution in [1.82, 2.24) is 5.43 Å². The first-order valence-electron chi connectivity index (χ1n) is 9.09.